The lowest BCUT2D eigenvalue weighted by molar-refractivity contribution is -0.122. The van der Waals surface area contributed by atoms with Gasteiger partial charge in [0.15, 0.2) is 0 Å². The van der Waals surface area contributed by atoms with E-state index in [1.165, 1.54) is 0 Å². The molecular formula is C7H12N2O. The predicted octanol–water partition coefficient (Wildman–Crippen LogP) is -0.530. The maximum atomic E-state index is 10.8. The van der Waals surface area contributed by atoms with E-state index in [4.69, 9.17) is 5.73 Å². The highest BCUT2D eigenvalue weighted by atomic mass is 16.1. The SMILES string of the molecule is NC(=O)C1CC2CNC1C2. The van der Waals surface area contributed by atoms with Gasteiger partial charge in [0.25, 0.3) is 0 Å². The van der Waals surface area contributed by atoms with Gasteiger partial charge in [0.1, 0.15) is 0 Å². The Morgan fingerprint density at radius 1 is 1.50 bits per heavy atom. The van der Waals surface area contributed by atoms with Crippen molar-refractivity contribution in [3.63, 3.8) is 0 Å². The van der Waals surface area contributed by atoms with Crippen LogP contribution < -0.4 is 11.1 Å². The number of nitrogens with one attached hydrogen (secondary N) is 1. The van der Waals surface area contributed by atoms with E-state index >= 15 is 0 Å². The van der Waals surface area contributed by atoms with Gasteiger partial charge in [-0.3, -0.25) is 4.79 Å². The Morgan fingerprint density at radius 2 is 2.30 bits per heavy atom. The van der Waals surface area contributed by atoms with E-state index in [1.54, 1.807) is 0 Å². The number of hydrogen-bond donors (Lipinski definition) is 2. The molecule has 1 saturated carbocycles. The predicted molar refractivity (Wildman–Crippen MR) is 37.2 cm³/mol. The highest BCUT2D eigenvalue weighted by molar-refractivity contribution is 5.78. The molecule has 1 aliphatic carbocycles. The van der Waals surface area contributed by atoms with Crippen LogP contribution in [-0.2, 0) is 4.79 Å². The van der Waals surface area contributed by atoms with Gasteiger partial charge in [-0.15, -0.1) is 0 Å². The number of primary amides is 1. The molecule has 3 atom stereocenters. The van der Waals surface area contributed by atoms with Crippen LogP contribution in [0.25, 0.3) is 0 Å². The number of piperidine rings is 1. The molecule has 0 aromatic heterocycles. The van der Waals surface area contributed by atoms with Crippen LogP contribution in [0.2, 0.25) is 0 Å². The quantitative estimate of drug-likeness (QED) is 0.514. The molecule has 3 nitrogen and oxygen atoms in total. The van der Waals surface area contributed by atoms with Crippen LogP contribution in [0.1, 0.15) is 12.8 Å². The van der Waals surface area contributed by atoms with Gasteiger partial charge < -0.3 is 11.1 Å². The van der Waals surface area contributed by atoms with Crippen LogP contribution in [0.3, 0.4) is 0 Å². The summed E-state index contributed by atoms with van der Waals surface area (Å²) in [5.74, 6) is 0.723. The van der Waals surface area contributed by atoms with Gasteiger partial charge >= 0.3 is 0 Å². The first-order valence-corrected chi connectivity index (χ1v) is 3.80. The molecule has 56 valence electrons. The zero-order valence-electron chi connectivity index (χ0n) is 5.84. The van der Waals surface area contributed by atoms with Crippen molar-refractivity contribution in [2.75, 3.05) is 6.54 Å². The van der Waals surface area contributed by atoms with Gasteiger partial charge in [-0.05, 0) is 25.3 Å². The molecule has 3 unspecified atom stereocenters. The number of carbonyl (C=O) groups is 1. The van der Waals surface area contributed by atoms with Gasteiger partial charge in [-0.2, -0.15) is 0 Å². The lowest BCUT2D eigenvalue weighted by atomic mass is 9.99. The van der Waals surface area contributed by atoms with Crippen molar-refractivity contribution in [2.45, 2.75) is 18.9 Å². The summed E-state index contributed by atoms with van der Waals surface area (Å²) < 4.78 is 0. The van der Waals surface area contributed by atoms with Gasteiger partial charge in [0.05, 0.1) is 5.92 Å². The Morgan fingerprint density at radius 3 is 2.60 bits per heavy atom. The lowest BCUT2D eigenvalue weighted by Gasteiger charge is -2.18. The summed E-state index contributed by atoms with van der Waals surface area (Å²) in [4.78, 5) is 10.8. The number of hydrogen-bond acceptors (Lipinski definition) is 2. The maximum absolute atomic E-state index is 10.8. The van der Waals surface area contributed by atoms with Crippen molar-refractivity contribution in [1.82, 2.24) is 5.32 Å². The highest BCUT2D eigenvalue weighted by Gasteiger charge is 2.41. The van der Waals surface area contributed by atoms with Gasteiger partial charge in [-0.1, -0.05) is 0 Å². The summed E-state index contributed by atoms with van der Waals surface area (Å²) >= 11 is 0. The molecule has 0 aromatic rings. The summed E-state index contributed by atoms with van der Waals surface area (Å²) in [5.41, 5.74) is 5.21. The molecule has 3 N–H and O–H groups in total. The number of nitrogens with two attached hydrogens (primary N) is 1. The molecule has 1 saturated heterocycles. The average Bonchev–Trinajstić information content (AvgIpc) is 2.44. The molecule has 1 heterocycles. The normalized spacial score (nSPS) is 44.2. The number of rotatable bonds is 1. The third-order valence-corrected chi connectivity index (χ3v) is 2.69. The fourth-order valence-electron chi connectivity index (χ4n) is 2.17. The van der Waals surface area contributed by atoms with Gasteiger partial charge in [0, 0.05) is 6.04 Å². The Bertz CT molecular complexity index is 169. The van der Waals surface area contributed by atoms with Crippen LogP contribution in [0.4, 0.5) is 0 Å². The topological polar surface area (TPSA) is 55.1 Å². The monoisotopic (exact) mass is 140 g/mol. The molecule has 2 rings (SSSR count). The van der Waals surface area contributed by atoms with Crippen molar-refractivity contribution in [3.8, 4) is 0 Å². The number of carbonyl (C=O) groups excluding carboxylic acids is 1. The standard InChI is InChI=1S/C7H12N2O/c8-7(10)5-1-4-2-6(5)9-3-4/h4-6,9H,1-3H2,(H2,8,10). The molecule has 0 spiro atoms. The Hall–Kier alpha value is -0.570. The van der Waals surface area contributed by atoms with E-state index < -0.39 is 0 Å². The van der Waals surface area contributed by atoms with Crippen LogP contribution in [-0.4, -0.2) is 18.5 Å². The van der Waals surface area contributed by atoms with Gasteiger partial charge in [-0.25, -0.2) is 0 Å². The molecule has 10 heavy (non-hydrogen) atoms. The lowest BCUT2D eigenvalue weighted by Crippen LogP contribution is -2.40. The number of amides is 1. The van der Waals surface area contributed by atoms with E-state index in [9.17, 15) is 4.79 Å². The first-order chi connectivity index (χ1) is 4.77. The zero-order valence-corrected chi connectivity index (χ0v) is 5.84. The molecule has 2 fully saturated rings. The van der Waals surface area contributed by atoms with Crippen LogP contribution in [0.5, 0.6) is 0 Å². The van der Waals surface area contributed by atoms with Crippen molar-refractivity contribution < 1.29 is 4.79 Å². The van der Waals surface area contributed by atoms with Crippen molar-refractivity contribution in [3.05, 3.63) is 0 Å². The van der Waals surface area contributed by atoms with E-state index in [1.807, 2.05) is 0 Å². The summed E-state index contributed by atoms with van der Waals surface area (Å²) in [6.07, 6.45) is 2.18. The van der Waals surface area contributed by atoms with Crippen molar-refractivity contribution >= 4 is 5.91 Å². The smallest absolute Gasteiger partial charge is 0.222 e. The van der Waals surface area contributed by atoms with Gasteiger partial charge in [0.2, 0.25) is 5.91 Å². The Kier molecular flexibility index (Phi) is 1.20. The van der Waals surface area contributed by atoms with E-state index in [2.05, 4.69) is 5.32 Å². The van der Waals surface area contributed by atoms with E-state index in [-0.39, 0.29) is 11.8 Å². The molecule has 1 amide bonds. The van der Waals surface area contributed by atoms with Crippen LogP contribution in [0, 0.1) is 11.8 Å². The Labute approximate surface area is 60.0 Å². The molecule has 2 bridgehead atoms. The molecule has 3 heteroatoms. The molecule has 0 radical (unpaired) electrons. The fraction of sp³-hybridized carbons (Fsp3) is 0.857. The third kappa shape index (κ3) is 0.736. The van der Waals surface area contributed by atoms with E-state index in [0.717, 1.165) is 25.3 Å². The largest absolute Gasteiger partial charge is 0.369 e. The van der Waals surface area contributed by atoms with Crippen LogP contribution in [0.15, 0.2) is 0 Å². The second-order valence-electron chi connectivity index (χ2n) is 3.36. The summed E-state index contributed by atoms with van der Waals surface area (Å²) in [6.45, 7) is 1.09. The second kappa shape index (κ2) is 1.95. The number of fused-ring (bicyclic) bond motifs is 2. The van der Waals surface area contributed by atoms with E-state index in [0.29, 0.717) is 6.04 Å². The highest BCUT2D eigenvalue weighted by Crippen LogP contribution is 2.35. The summed E-state index contributed by atoms with van der Waals surface area (Å²) in [6, 6.07) is 0.405. The molecule has 0 aromatic carbocycles. The fourth-order valence-corrected chi connectivity index (χ4v) is 2.17. The molecule has 2 aliphatic rings. The molecular weight excluding hydrogens is 128 g/mol. The summed E-state index contributed by atoms with van der Waals surface area (Å²) in [7, 11) is 0. The van der Waals surface area contributed by atoms with Crippen LogP contribution >= 0.6 is 0 Å². The minimum Gasteiger partial charge on any atom is -0.369 e. The minimum absolute atomic E-state index is 0.124. The maximum Gasteiger partial charge on any atom is 0.222 e. The second-order valence-corrected chi connectivity index (χ2v) is 3.36. The molecule has 1 aliphatic heterocycles. The van der Waals surface area contributed by atoms with Crippen molar-refractivity contribution in [1.29, 1.82) is 0 Å². The Balaban J connectivity index is 2.08. The summed E-state index contributed by atoms with van der Waals surface area (Å²) in [5, 5.41) is 3.29. The minimum atomic E-state index is -0.125. The van der Waals surface area contributed by atoms with Crippen molar-refractivity contribution in [2.24, 2.45) is 17.6 Å². The third-order valence-electron chi connectivity index (χ3n) is 2.69. The zero-order chi connectivity index (χ0) is 7.14. The first kappa shape index (κ1) is 6.16. The first-order valence-electron chi connectivity index (χ1n) is 3.80. The average molecular weight is 140 g/mol.